The van der Waals surface area contributed by atoms with Crippen LogP contribution in [0.5, 0.6) is 0 Å². The van der Waals surface area contributed by atoms with Crippen molar-refractivity contribution < 1.29 is 19.2 Å². The molecule has 0 aliphatic carbocycles. The lowest BCUT2D eigenvalue weighted by molar-refractivity contribution is -0.514. The number of benzene rings is 1. The van der Waals surface area contributed by atoms with E-state index in [1.807, 2.05) is 0 Å². The van der Waals surface area contributed by atoms with Crippen molar-refractivity contribution in [3.63, 3.8) is 0 Å². The van der Waals surface area contributed by atoms with E-state index in [0.29, 0.717) is 5.56 Å². The molecule has 0 saturated heterocycles. The molecular weight excluding hydrogens is 262 g/mol. The molecule has 6 heteroatoms. The number of nitrogens with zero attached hydrogens (tertiary/aromatic N) is 1. The number of esters is 1. The maximum absolute atomic E-state index is 11.8. The Morgan fingerprint density at radius 2 is 1.90 bits per heavy atom. The molecule has 1 rings (SSSR count). The lowest BCUT2D eigenvalue weighted by atomic mass is 9.87. The second kappa shape index (κ2) is 7.37. The van der Waals surface area contributed by atoms with E-state index in [1.165, 1.54) is 6.92 Å². The molecule has 0 amide bonds. The first-order valence-corrected chi connectivity index (χ1v) is 6.31. The van der Waals surface area contributed by atoms with Gasteiger partial charge in [0.1, 0.15) is 5.78 Å². The number of hydrogen-bond acceptors (Lipinski definition) is 5. The number of hydrogen-bond donors (Lipinski definition) is 0. The van der Waals surface area contributed by atoms with Crippen molar-refractivity contribution in [2.75, 3.05) is 6.61 Å². The first-order valence-electron chi connectivity index (χ1n) is 6.31. The highest BCUT2D eigenvalue weighted by atomic mass is 16.6. The fraction of sp³-hybridized carbons (Fsp3) is 0.429. The number of carbonyl (C=O) groups excluding carboxylic acids is 2. The average Bonchev–Trinajstić information content (AvgIpc) is 2.38. The monoisotopic (exact) mass is 279 g/mol. The van der Waals surface area contributed by atoms with Gasteiger partial charge >= 0.3 is 12.0 Å². The maximum Gasteiger partial charge on any atom is 0.382 e. The van der Waals surface area contributed by atoms with Gasteiger partial charge in [0.25, 0.3) is 0 Å². The van der Waals surface area contributed by atoms with Crippen molar-refractivity contribution in [3.05, 3.63) is 46.0 Å². The van der Waals surface area contributed by atoms with Crippen molar-refractivity contribution >= 4 is 11.8 Å². The molecule has 0 bridgehead atoms. The number of rotatable bonds is 7. The topological polar surface area (TPSA) is 86.5 Å². The molecule has 0 N–H and O–H groups in total. The maximum atomic E-state index is 11.8. The van der Waals surface area contributed by atoms with Gasteiger partial charge in [-0.05, 0) is 19.4 Å². The second-order valence-corrected chi connectivity index (χ2v) is 4.41. The molecule has 1 aromatic rings. The molecule has 0 aromatic heterocycles. The summed E-state index contributed by atoms with van der Waals surface area (Å²) >= 11 is 0. The highest BCUT2D eigenvalue weighted by molar-refractivity contribution is 5.80. The summed E-state index contributed by atoms with van der Waals surface area (Å²) in [6, 6.07) is 6.96. The SMILES string of the molecule is CCOC(=O)C(C(CC(C)=O)c1ccccc1)[N+](=O)[O-]. The summed E-state index contributed by atoms with van der Waals surface area (Å²) in [5.74, 6) is -1.94. The Balaban J connectivity index is 3.15. The quantitative estimate of drug-likeness (QED) is 0.432. The summed E-state index contributed by atoms with van der Waals surface area (Å²) in [4.78, 5) is 33.7. The van der Waals surface area contributed by atoms with Gasteiger partial charge < -0.3 is 9.53 Å². The van der Waals surface area contributed by atoms with Crippen molar-refractivity contribution in [1.29, 1.82) is 0 Å². The van der Waals surface area contributed by atoms with E-state index < -0.39 is 22.9 Å². The number of ketones is 1. The smallest absolute Gasteiger partial charge is 0.382 e. The Labute approximate surface area is 116 Å². The highest BCUT2D eigenvalue weighted by Crippen LogP contribution is 2.26. The van der Waals surface area contributed by atoms with E-state index in [0.717, 1.165) is 0 Å². The van der Waals surface area contributed by atoms with Gasteiger partial charge in [-0.15, -0.1) is 0 Å². The van der Waals surface area contributed by atoms with E-state index in [1.54, 1.807) is 37.3 Å². The third-order valence-corrected chi connectivity index (χ3v) is 2.87. The third kappa shape index (κ3) is 4.15. The summed E-state index contributed by atoms with van der Waals surface area (Å²) in [6.45, 7) is 2.99. The third-order valence-electron chi connectivity index (χ3n) is 2.87. The Hall–Kier alpha value is -2.24. The van der Waals surface area contributed by atoms with E-state index in [-0.39, 0.29) is 18.8 Å². The van der Waals surface area contributed by atoms with Gasteiger partial charge in [-0.25, -0.2) is 4.79 Å². The molecule has 0 heterocycles. The van der Waals surface area contributed by atoms with Crippen LogP contribution in [0.3, 0.4) is 0 Å². The summed E-state index contributed by atoms with van der Waals surface area (Å²) in [5.41, 5.74) is 0.581. The summed E-state index contributed by atoms with van der Waals surface area (Å²) < 4.78 is 4.76. The van der Waals surface area contributed by atoms with Crippen LogP contribution in [0, 0.1) is 10.1 Å². The molecule has 0 spiro atoms. The average molecular weight is 279 g/mol. The van der Waals surface area contributed by atoms with Crippen molar-refractivity contribution in [1.82, 2.24) is 0 Å². The van der Waals surface area contributed by atoms with Crippen molar-refractivity contribution in [2.24, 2.45) is 0 Å². The fourth-order valence-corrected chi connectivity index (χ4v) is 2.05. The summed E-state index contributed by atoms with van der Waals surface area (Å²) in [6.07, 6.45) is -0.0749. The Kier molecular flexibility index (Phi) is 5.83. The van der Waals surface area contributed by atoms with Gasteiger partial charge in [0.2, 0.25) is 0 Å². The predicted molar refractivity (Wildman–Crippen MR) is 71.9 cm³/mol. The summed E-state index contributed by atoms with van der Waals surface area (Å²) in [7, 11) is 0. The molecule has 0 aliphatic heterocycles. The molecule has 20 heavy (non-hydrogen) atoms. The minimum absolute atomic E-state index is 0.0603. The van der Waals surface area contributed by atoms with E-state index in [9.17, 15) is 19.7 Å². The molecule has 6 nitrogen and oxygen atoms in total. The first kappa shape index (κ1) is 15.8. The number of nitro groups is 1. The first-order chi connectivity index (χ1) is 9.47. The number of carbonyl (C=O) groups is 2. The van der Waals surface area contributed by atoms with E-state index in [4.69, 9.17) is 4.74 Å². The molecule has 1 aromatic carbocycles. The van der Waals surface area contributed by atoms with Gasteiger partial charge in [-0.3, -0.25) is 10.1 Å². The predicted octanol–water partition coefficient (Wildman–Crippen LogP) is 1.96. The molecule has 0 aliphatic rings. The van der Waals surface area contributed by atoms with Crippen LogP contribution < -0.4 is 0 Å². The molecule has 0 radical (unpaired) electrons. The largest absolute Gasteiger partial charge is 0.461 e. The summed E-state index contributed by atoms with van der Waals surface area (Å²) in [5, 5.41) is 11.2. The minimum atomic E-state index is -1.57. The van der Waals surface area contributed by atoms with Gasteiger partial charge in [-0.2, -0.15) is 0 Å². The zero-order valence-corrected chi connectivity index (χ0v) is 11.4. The molecular formula is C14H17NO5. The van der Waals surface area contributed by atoms with Crippen molar-refractivity contribution in [2.45, 2.75) is 32.2 Å². The Morgan fingerprint density at radius 3 is 2.35 bits per heavy atom. The standard InChI is InChI=1S/C14H17NO5/c1-3-20-14(17)13(15(18)19)12(9-10(2)16)11-7-5-4-6-8-11/h4-8,12-13H,3,9H2,1-2H3. The van der Waals surface area contributed by atoms with Crippen LogP contribution in [0.25, 0.3) is 0 Å². The van der Waals surface area contributed by atoms with Crippen LogP contribution in [0.1, 0.15) is 31.7 Å². The number of Topliss-reactive ketones (excluding diaryl/α,β-unsaturated/α-hetero) is 1. The van der Waals surface area contributed by atoms with Crippen molar-refractivity contribution in [3.8, 4) is 0 Å². The lowest BCUT2D eigenvalue weighted by Crippen LogP contribution is -2.38. The molecule has 0 saturated carbocycles. The van der Waals surface area contributed by atoms with Crippen LogP contribution in [-0.2, 0) is 14.3 Å². The van der Waals surface area contributed by atoms with E-state index >= 15 is 0 Å². The molecule has 108 valence electrons. The van der Waals surface area contributed by atoms with Gasteiger partial charge in [0.05, 0.1) is 12.5 Å². The van der Waals surface area contributed by atoms with E-state index in [2.05, 4.69) is 0 Å². The second-order valence-electron chi connectivity index (χ2n) is 4.41. The van der Waals surface area contributed by atoms with Crippen LogP contribution in [0.15, 0.2) is 30.3 Å². The zero-order chi connectivity index (χ0) is 15.1. The molecule has 2 atom stereocenters. The Morgan fingerprint density at radius 1 is 1.30 bits per heavy atom. The Bertz CT molecular complexity index is 486. The van der Waals surface area contributed by atoms with Crippen LogP contribution in [0.2, 0.25) is 0 Å². The van der Waals surface area contributed by atoms with Gasteiger partial charge in [0, 0.05) is 11.3 Å². The van der Waals surface area contributed by atoms with Crippen LogP contribution in [-0.4, -0.2) is 29.3 Å². The lowest BCUT2D eigenvalue weighted by Gasteiger charge is -2.19. The zero-order valence-electron chi connectivity index (χ0n) is 11.4. The number of ether oxygens (including phenoxy) is 1. The molecule has 2 unspecified atom stereocenters. The minimum Gasteiger partial charge on any atom is -0.461 e. The van der Waals surface area contributed by atoms with Crippen LogP contribution >= 0.6 is 0 Å². The van der Waals surface area contributed by atoms with Gasteiger partial charge in [-0.1, -0.05) is 30.3 Å². The highest BCUT2D eigenvalue weighted by Gasteiger charge is 2.41. The normalized spacial score (nSPS) is 13.3. The molecule has 0 fully saturated rings. The van der Waals surface area contributed by atoms with Crippen LogP contribution in [0.4, 0.5) is 0 Å². The fourth-order valence-electron chi connectivity index (χ4n) is 2.05. The van der Waals surface area contributed by atoms with Gasteiger partial charge in [0.15, 0.2) is 0 Å².